The number of H-pyrrole nitrogens is 1. The van der Waals surface area contributed by atoms with E-state index in [1.165, 1.54) is 13.2 Å². The van der Waals surface area contributed by atoms with Crippen LogP contribution in [0.1, 0.15) is 19.3 Å². The summed E-state index contributed by atoms with van der Waals surface area (Å²) in [7, 11) is -1.95. The van der Waals surface area contributed by atoms with Crippen molar-refractivity contribution < 1.29 is 17.9 Å². The number of sulfonamides is 1. The van der Waals surface area contributed by atoms with Crippen molar-refractivity contribution >= 4 is 33.4 Å². The lowest BCUT2D eigenvalue weighted by molar-refractivity contribution is 0.0525. The van der Waals surface area contributed by atoms with Gasteiger partial charge in [-0.3, -0.25) is 4.79 Å². The van der Waals surface area contributed by atoms with Crippen LogP contribution in [-0.2, 0) is 14.8 Å². The zero-order valence-electron chi connectivity index (χ0n) is 14.1. The Morgan fingerprint density at radius 3 is 2.88 bits per heavy atom. The van der Waals surface area contributed by atoms with Gasteiger partial charge in [-0.15, -0.1) is 0 Å². The first-order valence-corrected chi connectivity index (χ1v) is 10.1. The maximum absolute atomic E-state index is 12.0. The molecule has 144 valence electrons. The average Bonchev–Trinajstić information content (AvgIpc) is 3.01. The Balaban J connectivity index is 1.47. The molecule has 1 saturated heterocycles. The molecular weight excluding hydrogens is 386 g/mol. The summed E-state index contributed by atoms with van der Waals surface area (Å²) in [5.74, 6) is 0. The molecule has 1 saturated carbocycles. The molecular formula is C14H20ClN5O5S. The van der Waals surface area contributed by atoms with E-state index in [9.17, 15) is 18.0 Å². The molecule has 26 heavy (non-hydrogen) atoms. The maximum Gasteiger partial charge on any atom is 0.407 e. The number of hydrogen-bond acceptors (Lipinski definition) is 7. The van der Waals surface area contributed by atoms with E-state index >= 15 is 0 Å². The molecule has 1 aromatic rings. The zero-order valence-corrected chi connectivity index (χ0v) is 15.6. The summed E-state index contributed by atoms with van der Waals surface area (Å²) >= 11 is 5.99. The number of aromatic nitrogens is 2. The molecule has 1 aliphatic heterocycles. The molecule has 0 bridgehead atoms. The largest absolute Gasteiger partial charge is 0.446 e. The van der Waals surface area contributed by atoms with Gasteiger partial charge in [-0.2, -0.15) is 5.10 Å². The van der Waals surface area contributed by atoms with Crippen molar-refractivity contribution in [3.63, 3.8) is 0 Å². The van der Waals surface area contributed by atoms with Crippen molar-refractivity contribution in [3.8, 4) is 0 Å². The SMILES string of the molecule is CNS(=O)(=O)C1CC(OC(=O)N[C@@H]2CCN(c3cn[nH]c(=O)c3Cl)C2)C1. The monoisotopic (exact) mass is 405 g/mol. The molecule has 0 spiro atoms. The average molecular weight is 406 g/mol. The lowest BCUT2D eigenvalue weighted by atomic mass is 9.95. The number of carbonyl (C=O) groups excluding carboxylic acids is 1. The van der Waals surface area contributed by atoms with Crippen molar-refractivity contribution in [2.24, 2.45) is 0 Å². The van der Waals surface area contributed by atoms with Crippen LogP contribution >= 0.6 is 11.6 Å². The van der Waals surface area contributed by atoms with E-state index in [-0.39, 0.29) is 11.1 Å². The van der Waals surface area contributed by atoms with Gasteiger partial charge >= 0.3 is 6.09 Å². The molecule has 2 aliphatic rings. The van der Waals surface area contributed by atoms with Gasteiger partial charge in [0.25, 0.3) is 5.56 Å². The van der Waals surface area contributed by atoms with Crippen molar-refractivity contribution in [1.29, 1.82) is 0 Å². The van der Waals surface area contributed by atoms with E-state index in [2.05, 4.69) is 20.2 Å². The third kappa shape index (κ3) is 3.94. The van der Waals surface area contributed by atoms with Gasteiger partial charge in [0.05, 0.1) is 23.2 Å². The highest BCUT2D eigenvalue weighted by Gasteiger charge is 2.40. The standard InChI is InChI=1S/C14H20ClN5O5S/c1-16-26(23,24)10-4-9(5-10)25-14(22)18-8-2-3-20(7-8)11-6-17-19-13(21)12(11)15/h6,8-10,16H,2-5,7H2,1H3,(H,18,22)(H,19,21)/t8-,9?,10?/m1/s1. The number of halogens is 1. The van der Waals surface area contributed by atoms with Crippen LogP contribution < -0.4 is 20.5 Å². The summed E-state index contributed by atoms with van der Waals surface area (Å²) in [4.78, 5) is 25.4. The van der Waals surface area contributed by atoms with Crippen LogP contribution in [0.3, 0.4) is 0 Å². The van der Waals surface area contributed by atoms with Crippen molar-refractivity contribution in [3.05, 3.63) is 21.6 Å². The number of nitrogens with one attached hydrogen (secondary N) is 3. The molecule has 10 nitrogen and oxygen atoms in total. The highest BCUT2D eigenvalue weighted by molar-refractivity contribution is 7.90. The normalized spacial score (nSPS) is 25.6. The Kier molecular flexibility index (Phi) is 5.39. The first-order chi connectivity index (χ1) is 12.3. The summed E-state index contributed by atoms with van der Waals surface area (Å²) < 4.78 is 30.7. The number of hydrogen-bond donors (Lipinski definition) is 3. The summed E-state index contributed by atoms with van der Waals surface area (Å²) in [5, 5.41) is 8.31. The van der Waals surface area contributed by atoms with Gasteiger partial charge in [0.2, 0.25) is 10.0 Å². The van der Waals surface area contributed by atoms with Crippen LogP contribution in [0.15, 0.2) is 11.0 Å². The molecule has 12 heteroatoms. The minimum Gasteiger partial charge on any atom is -0.446 e. The van der Waals surface area contributed by atoms with E-state index in [1.807, 2.05) is 4.90 Å². The van der Waals surface area contributed by atoms with Crippen LogP contribution in [0.5, 0.6) is 0 Å². The van der Waals surface area contributed by atoms with Crippen LogP contribution in [-0.4, -0.2) is 62.2 Å². The van der Waals surface area contributed by atoms with Gasteiger partial charge in [0.1, 0.15) is 11.1 Å². The fraction of sp³-hybridized carbons (Fsp3) is 0.643. The third-order valence-electron chi connectivity index (χ3n) is 4.68. The van der Waals surface area contributed by atoms with Gasteiger partial charge in [-0.05, 0) is 13.5 Å². The Hall–Kier alpha value is -1.85. The van der Waals surface area contributed by atoms with Gasteiger partial charge in [-0.1, -0.05) is 11.6 Å². The van der Waals surface area contributed by atoms with Crippen molar-refractivity contribution in [2.45, 2.75) is 36.7 Å². The van der Waals surface area contributed by atoms with Crippen molar-refractivity contribution in [2.75, 3.05) is 25.0 Å². The fourth-order valence-electron chi connectivity index (χ4n) is 3.08. The van der Waals surface area contributed by atoms with Gasteiger partial charge in [-0.25, -0.2) is 23.0 Å². The maximum atomic E-state index is 12.0. The summed E-state index contributed by atoms with van der Waals surface area (Å²) in [5.41, 5.74) is 0.0586. The van der Waals surface area contributed by atoms with Gasteiger partial charge < -0.3 is 15.0 Å². The second-order valence-electron chi connectivity index (χ2n) is 6.34. The minimum absolute atomic E-state index is 0.0643. The van der Waals surface area contributed by atoms with E-state index in [1.54, 1.807) is 0 Å². The number of nitrogens with zero attached hydrogens (tertiary/aromatic N) is 2. The number of anilines is 1. The summed E-state index contributed by atoms with van der Waals surface area (Å²) in [6.45, 7) is 1.09. The number of rotatable bonds is 5. The van der Waals surface area contributed by atoms with E-state index in [4.69, 9.17) is 16.3 Å². The fourth-order valence-corrected chi connectivity index (χ4v) is 4.56. The molecule has 0 aromatic carbocycles. The Bertz CT molecular complexity index is 838. The molecule has 1 aliphatic carbocycles. The topological polar surface area (TPSA) is 133 Å². The molecule has 1 aromatic heterocycles. The van der Waals surface area contributed by atoms with Crippen LogP contribution in [0.4, 0.5) is 10.5 Å². The number of aromatic amines is 1. The predicted octanol–water partition coefficient (Wildman–Crippen LogP) is -0.192. The minimum atomic E-state index is -3.31. The lowest BCUT2D eigenvalue weighted by Gasteiger charge is -2.33. The second kappa shape index (κ2) is 7.41. The smallest absolute Gasteiger partial charge is 0.407 e. The highest BCUT2D eigenvalue weighted by atomic mass is 35.5. The Morgan fingerprint density at radius 1 is 1.46 bits per heavy atom. The van der Waals surface area contributed by atoms with Gasteiger partial charge in [0.15, 0.2) is 0 Å². The van der Waals surface area contributed by atoms with E-state index in [0.717, 1.165) is 0 Å². The van der Waals surface area contributed by atoms with Gasteiger partial charge in [0, 0.05) is 25.9 Å². The zero-order chi connectivity index (χ0) is 18.9. The molecule has 1 amide bonds. The Labute approximate surface area is 155 Å². The lowest BCUT2D eigenvalue weighted by Crippen LogP contribution is -2.48. The van der Waals surface area contributed by atoms with Crippen molar-refractivity contribution in [1.82, 2.24) is 20.2 Å². The Morgan fingerprint density at radius 2 is 2.19 bits per heavy atom. The number of ether oxygens (including phenoxy) is 1. The molecule has 2 fully saturated rings. The van der Waals surface area contributed by atoms with Crippen LogP contribution in [0, 0.1) is 0 Å². The molecule has 1 atom stereocenters. The van der Waals surface area contributed by atoms with Crippen LogP contribution in [0.2, 0.25) is 5.02 Å². The first kappa shape index (κ1) is 18.9. The number of alkyl carbamates (subject to hydrolysis) is 1. The third-order valence-corrected chi connectivity index (χ3v) is 6.87. The molecule has 3 rings (SSSR count). The van der Waals surface area contributed by atoms with E-state index in [0.29, 0.717) is 38.0 Å². The highest BCUT2D eigenvalue weighted by Crippen LogP contribution is 2.29. The van der Waals surface area contributed by atoms with E-state index < -0.39 is 33.0 Å². The van der Waals surface area contributed by atoms with Crippen LogP contribution in [0.25, 0.3) is 0 Å². The number of amides is 1. The first-order valence-electron chi connectivity index (χ1n) is 8.17. The summed E-state index contributed by atoms with van der Waals surface area (Å²) in [6.07, 6.45) is 1.76. The molecule has 2 heterocycles. The molecule has 0 radical (unpaired) electrons. The molecule has 0 unspecified atom stereocenters. The predicted molar refractivity (Wildman–Crippen MR) is 94.9 cm³/mol. The summed E-state index contributed by atoms with van der Waals surface area (Å²) in [6, 6.07) is -0.158. The molecule has 3 N–H and O–H groups in total. The quantitative estimate of drug-likeness (QED) is 0.618. The second-order valence-corrected chi connectivity index (χ2v) is 8.89. The number of carbonyl (C=O) groups is 1.